The minimum atomic E-state index is -0.919. The SMILES string of the molecule is Cc1c(C(N)=O)sc(NC(=O)C(C)n2nc([N+](=O)[O-])cc2C)c1C(=O)OC(C)C. The van der Waals surface area contributed by atoms with Crippen LogP contribution in [0.4, 0.5) is 10.8 Å². The largest absolute Gasteiger partial charge is 0.459 e. The van der Waals surface area contributed by atoms with Crippen LogP contribution in [-0.4, -0.2) is 38.6 Å². The molecule has 2 aromatic rings. The van der Waals surface area contributed by atoms with Crippen LogP contribution in [0, 0.1) is 24.0 Å². The molecular weight excluding hydrogens is 402 g/mol. The van der Waals surface area contributed by atoms with Gasteiger partial charge in [-0.2, -0.15) is 4.68 Å². The molecule has 0 aliphatic carbocycles. The van der Waals surface area contributed by atoms with Crippen molar-refractivity contribution in [2.24, 2.45) is 5.73 Å². The first-order valence-corrected chi connectivity index (χ1v) is 9.41. The average Bonchev–Trinajstić information content (AvgIpc) is 3.14. The molecule has 0 aromatic carbocycles. The number of carbonyl (C=O) groups excluding carboxylic acids is 3. The highest BCUT2D eigenvalue weighted by Gasteiger charge is 2.29. The zero-order valence-electron chi connectivity index (χ0n) is 16.5. The number of nitrogens with two attached hydrogens (primary N) is 1. The summed E-state index contributed by atoms with van der Waals surface area (Å²) in [6.45, 7) is 7.95. The molecule has 1 atom stereocenters. The number of hydrogen-bond acceptors (Lipinski definition) is 8. The molecule has 156 valence electrons. The van der Waals surface area contributed by atoms with Gasteiger partial charge in [0.15, 0.2) is 0 Å². The quantitative estimate of drug-likeness (QED) is 0.392. The van der Waals surface area contributed by atoms with Crippen molar-refractivity contribution in [3.8, 4) is 0 Å². The van der Waals surface area contributed by atoms with Gasteiger partial charge in [0.05, 0.1) is 33.4 Å². The van der Waals surface area contributed by atoms with Crippen LogP contribution in [0.2, 0.25) is 0 Å². The van der Waals surface area contributed by atoms with Crippen LogP contribution < -0.4 is 11.1 Å². The van der Waals surface area contributed by atoms with E-state index in [4.69, 9.17) is 10.5 Å². The van der Waals surface area contributed by atoms with Gasteiger partial charge in [-0.05, 0) is 45.1 Å². The third-order valence-electron chi connectivity index (χ3n) is 4.00. The summed E-state index contributed by atoms with van der Waals surface area (Å²) in [4.78, 5) is 47.2. The summed E-state index contributed by atoms with van der Waals surface area (Å²) >= 11 is 0.860. The highest BCUT2D eigenvalue weighted by atomic mass is 32.1. The Morgan fingerprint density at radius 2 is 1.93 bits per heavy atom. The molecule has 0 aliphatic heterocycles. The number of aryl methyl sites for hydroxylation is 1. The van der Waals surface area contributed by atoms with E-state index in [2.05, 4.69) is 10.4 Å². The minimum absolute atomic E-state index is 0.0428. The van der Waals surface area contributed by atoms with Crippen LogP contribution in [0.1, 0.15) is 58.1 Å². The number of aromatic nitrogens is 2. The van der Waals surface area contributed by atoms with Gasteiger partial charge in [0.25, 0.3) is 11.8 Å². The number of rotatable bonds is 7. The number of ether oxygens (including phenoxy) is 1. The van der Waals surface area contributed by atoms with Gasteiger partial charge in [-0.15, -0.1) is 11.3 Å². The Morgan fingerprint density at radius 3 is 2.41 bits per heavy atom. The van der Waals surface area contributed by atoms with E-state index in [1.165, 1.54) is 24.6 Å². The highest BCUT2D eigenvalue weighted by Crippen LogP contribution is 2.34. The van der Waals surface area contributed by atoms with Crippen LogP contribution in [0.15, 0.2) is 6.07 Å². The first kappa shape index (κ1) is 22.0. The van der Waals surface area contributed by atoms with Gasteiger partial charge < -0.3 is 25.9 Å². The fraction of sp³-hybridized carbons (Fsp3) is 0.412. The third-order valence-corrected chi connectivity index (χ3v) is 5.22. The van der Waals surface area contributed by atoms with Gasteiger partial charge in [0.2, 0.25) is 0 Å². The van der Waals surface area contributed by atoms with E-state index >= 15 is 0 Å². The molecule has 0 bridgehead atoms. The number of anilines is 1. The molecule has 2 aromatic heterocycles. The number of hydrogen-bond donors (Lipinski definition) is 2. The number of thiophene rings is 1. The average molecular weight is 423 g/mol. The maximum atomic E-state index is 12.7. The lowest BCUT2D eigenvalue weighted by Gasteiger charge is -2.13. The summed E-state index contributed by atoms with van der Waals surface area (Å²) in [5, 5.41) is 17.4. The molecule has 1 unspecified atom stereocenters. The van der Waals surface area contributed by atoms with Crippen molar-refractivity contribution in [2.75, 3.05) is 5.32 Å². The lowest BCUT2D eigenvalue weighted by atomic mass is 10.1. The van der Waals surface area contributed by atoms with Gasteiger partial charge in [0, 0.05) is 0 Å². The fourth-order valence-electron chi connectivity index (χ4n) is 2.64. The molecule has 11 nitrogen and oxygen atoms in total. The van der Waals surface area contributed by atoms with Crippen LogP contribution in [0.3, 0.4) is 0 Å². The highest BCUT2D eigenvalue weighted by molar-refractivity contribution is 7.18. The molecule has 12 heteroatoms. The van der Waals surface area contributed by atoms with Gasteiger partial charge in [-0.3, -0.25) is 9.59 Å². The molecule has 2 rings (SSSR count). The van der Waals surface area contributed by atoms with Gasteiger partial charge in [0.1, 0.15) is 11.0 Å². The summed E-state index contributed by atoms with van der Waals surface area (Å²) in [7, 11) is 0. The van der Waals surface area contributed by atoms with Gasteiger partial charge in [-0.1, -0.05) is 0 Å². The third kappa shape index (κ3) is 4.59. The normalized spacial score (nSPS) is 11.9. The van der Waals surface area contributed by atoms with Crippen molar-refractivity contribution < 1.29 is 24.0 Å². The Balaban J connectivity index is 2.38. The Bertz CT molecular complexity index is 993. The number of nitrogens with zero attached hydrogens (tertiary/aromatic N) is 3. The van der Waals surface area contributed by atoms with Crippen molar-refractivity contribution in [2.45, 2.75) is 46.8 Å². The molecule has 0 aliphatic rings. The Kier molecular flexibility index (Phi) is 6.37. The Hall–Kier alpha value is -3.28. The van der Waals surface area contributed by atoms with Crippen molar-refractivity contribution in [3.63, 3.8) is 0 Å². The number of nitrogens with one attached hydrogen (secondary N) is 1. The van der Waals surface area contributed by atoms with E-state index in [1.54, 1.807) is 20.8 Å². The zero-order valence-corrected chi connectivity index (χ0v) is 17.3. The second-order valence-electron chi connectivity index (χ2n) is 6.59. The predicted octanol–water partition coefficient (Wildman–Crippen LogP) is 2.33. The van der Waals surface area contributed by atoms with Crippen molar-refractivity contribution >= 4 is 39.9 Å². The number of amides is 2. The summed E-state index contributed by atoms with van der Waals surface area (Å²) in [6.07, 6.45) is -0.409. The monoisotopic (exact) mass is 423 g/mol. The van der Waals surface area contributed by atoms with E-state index in [0.717, 1.165) is 11.3 Å². The standard InChI is InChI=1S/C17H21N5O6S/c1-7(2)28-17(25)12-9(4)13(14(18)23)29-16(12)19-15(24)10(5)21-8(3)6-11(20-21)22(26)27/h6-7,10H,1-5H3,(H2,18,23)(H,19,24). The lowest BCUT2D eigenvalue weighted by Crippen LogP contribution is -2.26. The summed E-state index contributed by atoms with van der Waals surface area (Å²) in [6, 6.07) is 0.326. The van der Waals surface area contributed by atoms with Crippen LogP contribution in [0.5, 0.6) is 0 Å². The Labute approximate surface area is 170 Å². The number of nitro groups is 1. The lowest BCUT2D eigenvalue weighted by molar-refractivity contribution is -0.389. The fourth-order valence-corrected chi connectivity index (χ4v) is 3.69. The molecule has 0 fully saturated rings. The van der Waals surface area contributed by atoms with E-state index in [-0.39, 0.29) is 21.3 Å². The molecule has 2 amide bonds. The van der Waals surface area contributed by atoms with Crippen molar-refractivity contribution in [3.05, 3.63) is 37.9 Å². The summed E-state index contributed by atoms with van der Waals surface area (Å²) < 4.78 is 6.40. The molecule has 0 spiro atoms. The van der Waals surface area contributed by atoms with Crippen LogP contribution >= 0.6 is 11.3 Å². The second kappa shape index (κ2) is 8.39. The smallest absolute Gasteiger partial charge is 0.390 e. The number of carbonyl (C=O) groups is 3. The maximum absolute atomic E-state index is 12.7. The van der Waals surface area contributed by atoms with Crippen LogP contribution in [0.25, 0.3) is 0 Å². The molecule has 29 heavy (non-hydrogen) atoms. The molecule has 0 saturated heterocycles. The maximum Gasteiger partial charge on any atom is 0.390 e. The predicted molar refractivity (Wildman–Crippen MR) is 105 cm³/mol. The van der Waals surface area contributed by atoms with E-state index in [1.807, 2.05) is 0 Å². The zero-order chi connectivity index (χ0) is 22.0. The second-order valence-corrected chi connectivity index (χ2v) is 7.61. The molecular formula is C17H21N5O6S. The van der Waals surface area contributed by atoms with Gasteiger partial charge in [-0.25, -0.2) is 4.79 Å². The molecule has 3 N–H and O–H groups in total. The first-order chi connectivity index (χ1) is 13.4. The van der Waals surface area contributed by atoms with E-state index in [9.17, 15) is 24.5 Å². The van der Waals surface area contributed by atoms with E-state index < -0.39 is 34.9 Å². The van der Waals surface area contributed by atoms with Crippen molar-refractivity contribution in [1.82, 2.24) is 9.78 Å². The molecule has 0 radical (unpaired) electrons. The topological polar surface area (TPSA) is 159 Å². The molecule has 2 heterocycles. The van der Waals surface area contributed by atoms with Gasteiger partial charge >= 0.3 is 11.8 Å². The van der Waals surface area contributed by atoms with E-state index in [0.29, 0.717) is 11.3 Å². The minimum Gasteiger partial charge on any atom is -0.459 e. The van der Waals surface area contributed by atoms with Crippen molar-refractivity contribution in [1.29, 1.82) is 0 Å². The molecule has 0 saturated carbocycles. The summed E-state index contributed by atoms with van der Waals surface area (Å²) in [5.41, 5.74) is 6.13. The first-order valence-electron chi connectivity index (χ1n) is 8.59. The Morgan fingerprint density at radius 1 is 1.31 bits per heavy atom. The summed E-state index contributed by atoms with van der Waals surface area (Å²) in [5.74, 6) is -2.40. The number of primary amides is 1. The van der Waals surface area contributed by atoms with Crippen LogP contribution in [-0.2, 0) is 9.53 Å². The number of esters is 1.